The molecule has 0 radical (unpaired) electrons. The Morgan fingerprint density at radius 3 is 2.57 bits per heavy atom. The van der Waals surface area contributed by atoms with Crippen molar-refractivity contribution in [1.82, 2.24) is 10.2 Å². The number of ether oxygens (including phenoxy) is 1. The van der Waals surface area contributed by atoms with Crippen LogP contribution in [0.2, 0.25) is 9.36 Å². The Bertz CT molecular complexity index is 839. The zero-order valence-electron chi connectivity index (χ0n) is 16.8. The maximum Gasteiger partial charge on any atom is 0.319 e. The standard InChI is InChI=1S/C22H27Cl2N3O2S/c23-16-1-3-17(4-2-16)25-22(28)26-19-7-10-27(13-15-8-11-29-12-9-15)14-18(19)20-5-6-21(24)30-20/h1-6,15,18-19H,7-14H2,(H2,25,26,28)/t18-,19-/m1/s1. The minimum absolute atomic E-state index is 0.0676. The molecule has 2 saturated heterocycles. The molecular weight excluding hydrogens is 441 g/mol. The minimum Gasteiger partial charge on any atom is -0.381 e. The fourth-order valence-corrected chi connectivity index (χ4v) is 5.68. The second-order valence-corrected chi connectivity index (χ2v) is 10.2. The third-order valence-corrected chi connectivity index (χ3v) is 7.55. The zero-order valence-corrected chi connectivity index (χ0v) is 19.1. The number of nitrogens with zero attached hydrogens (tertiary/aromatic N) is 1. The molecule has 0 aliphatic carbocycles. The molecule has 1 aromatic carbocycles. The van der Waals surface area contributed by atoms with Crippen LogP contribution in [0.4, 0.5) is 10.5 Å². The maximum absolute atomic E-state index is 12.6. The fourth-order valence-electron chi connectivity index (χ4n) is 4.34. The molecule has 2 fully saturated rings. The molecule has 2 aliphatic heterocycles. The topological polar surface area (TPSA) is 53.6 Å². The quantitative estimate of drug-likeness (QED) is 0.613. The Morgan fingerprint density at radius 2 is 1.87 bits per heavy atom. The summed E-state index contributed by atoms with van der Waals surface area (Å²) in [6.45, 7) is 4.76. The van der Waals surface area contributed by atoms with Gasteiger partial charge in [-0.2, -0.15) is 0 Å². The Hall–Kier alpha value is -1.31. The highest BCUT2D eigenvalue weighted by Gasteiger charge is 2.33. The van der Waals surface area contributed by atoms with Gasteiger partial charge in [-0.15, -0.1) is 11.3 Å². The largest absolute Gasteiger partial charge is 0.381 e. The summed E-state index contributed by atoms with van der Waals surface area (Å²) in [7, 11) is 0. The van der Waals surface area contributed by atoms with Crippen molar-refractivity contribution in [3.05, 3.63) is 50.6 Å². The van der Waals surface area contributed by atoms with Crippen LogP contribution in [-0.4, -0.2) is 49.8 Å². The van der Waals surface area contributed by atoms with E-state index in [1.165, 1.54) is 4.88 Å². The lowest BCUT2D eigenvalue weighted by Gasteiger charge is -2.40. The zero-order chi connectivity index (χ0) is 20.9. The third-order valence-electron chi connectivity index (χ3n) is 5.93. The molecule has 30 heavy (non-hydrogen) atoms. The highest BCUT2D eigenvalue weighted by molar-refractivity contribution is 7.16. The lowest BCUT2D eigenvalue weighted by Crippen LogP contribution is -2.51. The van der Waals surface area contributed by atoms with Gasteiger partial charge in [-0.3, -0.25) is 0 Å². The van der Waals surface area contributed by atoms with Gasteiger partial charge in [-0.05, 0) is 61.6 Å². The van der Waals surface area contributed by atoms with Gasteiger partial charge in [0.25, 0.3) is 0 Å². The first-order valence-electron chi connectivity index (χ1n) is 10.5. The average Bonchev–Trinajstić information content (AvgIpc) is 3.18. The van der Waals surface area contributed by atoms with Crippen LogP contribution in [0.15, 0.2) is 36.4 Å². The third kappa shape index (κ3) is 5.89. The molecule has 2 aliphatic rings. The number of rotatable bonds is 5. The number of amides is 2. The van der Waals surface area contributed by atoms with Crippen molar-refractivity contribution in [3.63, 3.8) is 0 Å². The van der Waals surface area contributed by atoms with Crippen molar-refractivity contribution in [2.75, 3.05) is 38.2 Å². The number of halogens is 2. The number of urea groups is 1. The maximum atomic E-state index is 12.6. The average molecular weight is 468 g/mol. The summed E-state index contributed by atoms with van der Waals surface area (Å²) in [5, 5.41) is 6.76. The number of hydrogen-bond acceptors (Lipinski definition) is 4. The monoisotopic (exact) mass is 467 g/mol. The number of carbonyl (C=O) groups is 1. The Balaban J connectivity index is 1.40. The summed E-state index contributed by atoms with van der Waals surface area (Å²) < 4.78 is 6.29. The summed E-state index contributed by atoms with van der Waals surface area (Å²) in [6.07, 6.45) is 3.19. The molecule has 0 saturated carbocycles. The highest BCUT2D eigenvalue weighted by Crippen LogP contribution is 2.35. The Labute approximate surface area is 191 Å². The van der Waals surface area contributed by atoms with Crippen LogP contribution in [-0.2, 0) is 4.74 Å². The van der Waals surface area contributed by atoms with E-state index in [4.69, 9.17) is 27.9 Å². The SMILES string of the molecule is O=C(Nc1ccc(Cl)cc1)N[C@@H]1CCN(CC2CCOCC2)C[C@H]1c1ccc(Cl)s1. The molecule has 2 atom stereocenters. The van der Waals surface area contributed by atoms with E-state index < -0.39 is 0 Å². The van der Waals surface area contributed by atoms with E-state index in [1.54, 1.807) is 35.6 Å². The molecule has 5 nitrogen and oxygen atoms in total. The predicted molar refractivity (Wildman–Crippen MR) is 124 cm³/mol. The number of thiophene rings is 1. The summed E-state index contributed by atoms with van der Waals surface area (Å²) in [6, 6.07) is 11.1. The number of piperidine rings is 1. The second-order valence-electron chi connectivity index (χ2n) is 8.06. The summed E-state index contributed by atoms with van der Waals surface area (Å²) >= 11 is 13.8. The lowest BCUT2D eigenvalue weighted by molar-refractivity contribution is 0.0464. The van der Waals surface area contributed by atoms with Crippen LogP contribution in [0, 0.1) is 5.92 Å². The molecule has 1 aromatic heterocycles. The van der Waals surface area contributed by atoms with Crippen LogP contribution < -0.4 is 10.6 Å². The first-order chi connectivity index (χ1) is 14.6. The van der Waals surface area contributed by atoms with E-state index in [1.807, 2.05) is 6.07 Å². The molecule has 2 aromatic rings. The molecule has 0 spiro atoms. The molecule has 2 N–H and O–H groups in total. The molecule has 0 bridgehead atoms. The lowest BCUT2D eigenvalue weighted by atomic mass is 9.89. The van der Waals surface area contributed by atoms with Crippen LogP contribution in [0.1, 0.15) is 30.1 Å². The Morgan fingerprint density at radius 1 is 1.10 bits per heavy atom. The molecular formula is C22H27Cl2N3O2S. The smallest absolute Gasteiger partial charge is 0.319 e. The van der Waals surface area contributed by atoms with E-state index >= 15 is 0 Å². The van der Waals surface area contributed by atoms with E-state index in [0.29, 0.717) is 10.9 Å². The second kappa shape index (κ2) is 10.3. The number of carbonyl (C=O) groups excluding carboxylic acids is 1. The van der Waals surface area contributed by atoms with Gasteiger partial charge < -0.3 is 20.3 Å². The first kappa shape index (κ1) is 21.9. The number of anilines is 1. The molecule has 4 rings (SSSR count). The number of nitrogens with one attached hydrogen (secondary N) is 2. The number of hydrogen-bond donors (Lipinski definition) is 2. The summed E-state index contributed by atoms with van der Waals surface area (Å²) in [5.74, 6) is 0.927. The van der Waals surface area contributed by atoms with Crippen molar-refractivity contribution in [2.24, 2.45) is 5.92 Å². The molecule has 3 heterocycles. The van der Waals surface area contributed by atoms with Gasteiger partial charge in [-0.25, -0.2) is 4.79 Å². The van der Waals surface area contributed by atoms with Crippen LogP contribution in [0.3, 0.4) is 0 Å². The normalized spacial score (nSPS) is 23.3. The van der Waals surface area contributed by atoms with Crippen LogP contribution in [0.5, 0.6) is 0 Å². The van der Waals surface area contributed by atoms with E-state index in [9.17, 15) is 4.79 Å². The summed E-state index contributed by atoms with van der Waals surface area (Å²) in [4.78, 5) is 16.4. The van der Waals surface area contributed by atoms with Crippen molar-refractivity contribution in [3.8, 4) is 0 Å². The van der Waals surface area contributed by atoms with Gasteiger partial charge >= 0.3 is 6.03 Å². The molecule has 8 heteroatoms. The van der Waals surface area contributed by atoms with E-state index in [0.717, 1.165) is 62.1 Å². The molecule has 162 valence electrons. The molecule has 0 unspecified atom stereocenters. The van der Waals surface area contributed by atoms with Gasteiger partial charge in [0.1, 0.15) is 0 Å². The van der Waals surface area contributed by atoms with E-state index in [2.05, 4.69) is 21.6 Å². The van der Waals surface area contributed by atoms with Gasteiger partial charge in [0.2, 0.25) is 0 Å². The van der Waals surface area contributed by atoms with Crippen molar-refractivity contribution in [1.29, 1.82) is 0 Å². The van der Waals surface area contributed by atoms with Gasteiger partial charge in [0.05, 0.1) is 4.34 Å². The van der Waals surface area contributed by atoms with Gasteiger partial charge in [0.15, 0.2) is 0 Å². The van der Waals surface area contributed by atoms with E-state index in [-0.39, 0.29) is 18.0 Å². The van der Waals surface area contributed by atoms with Crippen molar-refractivity contribution >= 4 is 46.3 Å². The fraction of sp³-hybridized carbons (Fsp3) is 0.500. The highest BCUT2D eigenvalue weighted by atomic mass is 35.5. The van der Waals surface area contributed by atoms with Crippen molar-refractivity contribution in [2.45, 2.75) is 31.2 Å². The van der Waals surface area contributed by atoms with Gasteiger partial charge in [-0.1, -0.05) is 23.2 Å². The number of benzene rings is 1. The van der Waals surface area contributed by atoms with Gasteiger partial charge in [0, 0.05) is 60.4 Å². The van der Waals surface area contributed by atoms with Crippen molar-refractivity contribution < 1.29 is 9.53 Å². The van der Waals surface area contributed by atoms with Crippen LogP contribution >= 0.6 is 34.5 Å². The minimum atomic E-state index is -0.187. The molecule has 2 amide bonds. The van der Waals surface area contributed by atoms with Crippen LogP contribution in [0.25, 0.3) is 0 Å². The predicted octanol–water partition coefficient (Wildman–Crippen LogP) is 5.46. The summed E-state index contributed by atoms with van der Waals surface area (Å²) in [5.41, 5.74) is 0.726. The Kier molecular flexibility index (Phi) is 7.55. The number of likely N-dealkylation sites (tertiary alicyclic amines) is 1. The first-order valence-corrected chi connectivity index (χ1v) is 12.0.